The molecule has 2 heterocycles. The molecule has 2 amide bonds. The van der Waals surface area contributed by atoms with Crippen molar-refractivity contribution in [2.45, 2.75) is 72.4 Å². The van der Waals surface area contributed by atoms with Crippen molar-refractivity contribution in [3.05, 3.63) is 120 Å². The molecule has 0 spiro atoms. The summed E-state index contributed by atoms with van der Waals surface area (Å²) >= 11 is 0. The van der Waals surface area contributed by atoms with Gasteiger partial charge in [-0.25, -0.2) is 9.97 Å². The zero-order valence-corrected chi connectivity index (χ0v) is 31.9. The average Bonchev–Trinajstić information content (AvgIpc) is 3.16. The van der Waals surface area contributed by atoms with Crippen LogP contribution >= 0.6 is 0 Å². The number of aromatic nitrogens is 2. The molecule has 2 aromatic heterocycles. The van der Waals surface area contributed by atoms with E-state index >= 15 is 0 Å². The highest BCUT2D eigenvalue weighted by atomic mass is 16.5. The van der Waals surface area contributed by atoms with Crippen molar-refractivity contribution < 1.29 is 19.1 Å². The number of fused-ring (bicyclic) bond motifs is 2. The molecule has 0 bridgehead atoms. The number of para-hydroxylation sites is 2. The van der Waals surface area contributed by atoms with Crippen molar-refractivity contribution >= 4 is 39.2 Å². The maximum Gasteiger partial charge on any atom is 0.252 e. The van der Waals surface area contributed by atoms with Gasteiger partial charge >= 0.3 is 0 Å². The Hall–Kier alpha value is -5.34. The Kier molecular flexibility index (Phi) is 10.7. The summed E-state index contributed by atoms with van der Waals surface area (Å²) in [7, 11) is 0. The minimum absolute atomic E-state index is 0.0554. The van der Waals surface area contributed by atoms with Gasteiger partial charge in [0.15, 0.2) is 0 Å². The standard InChI is InChI=1S/C46H50N4O4/c1-6-53-33-20-16-30(17-21-33)41-24-37(35-12-8-10-14-39(35)49-41)43(51)47-29-46(5)27-32(26-45(3,4)28-46)48-44(52)38-25-42(50-40-15-11-9-13-36(38)40)31-18-22-34(23-19-31)54-7-2/h8-22,24-25,32,34H,6-7,23,26-29H2,1-5H3,(H,47,51)(H,48,52). The maximum atomic E-state index is 14.2. The molecule has 3 unspecified atom stereocenters. The van der Waals surface area contributed by atoms with Gasteiger partial charge in [-0.05, 0) is 104 Å². The highest BCUT2D eigenvalue weighted by Crippen LogP contribution is 2.46. The van der Waals surface area contributed by atoms with Crippen molar-refractivity contribution in [1.29, 1.82) is 0 Å². The quantitative estimate of drug-likeness (QED) is 0.141. The number of benzene rings is 3. The Bertz CT molecular complexity index is 2240. The molecule has 1 saturated carbocycles. The lowest BCUT2D eigenvalue weighted by atomic mass is 9.62. The van der Waals surface area contributed by atoms with Crippen molar-refractivity contribution in [3.8, 4) is 17.0 Å². The molecule has 2 aliphatic carbocycles. The molecule has 1 fully saturated rings. The number of nitrogens with one attached hydrogen (secondary N) is 2. The molecule has 3 aromatic carbocycles. The van der Waals surface area contributed by atoms with Gasteiger partial charge in [0.05, 0.1) is 46.3 Å². The molecule has 0 saturated heterocycles. The van der Waals surface area contributed by atoms with E-state index in [1.54, 1.807) is 0 Å². The second kappa shape index (κ2) is 15.6. The van der Waals surface area contributed by atoms with E-state index in [9.17, 15) is 9.59 Å². The summed E-state index contributed by atoms with van der Waals surface area (Å²) in [5.74, 6) is 0.546. The van der Waals surface area contributed by atoms with Crippen LogP contribution in [0, 0.1) is 10.8 Å². The number of allylic oxidation sites excluding steroid dienone is 2. The summed E-state index contributed by atoms with van der Waals surface area (Å²) in [4.78, 5) is 38.1. The Morgan fingerprint density at radius 1 is 0.796 bits per heavy atom. The minimum Gasteiger partial charge on any atom is -0.494 e. The number of carbonyl (C=O) groups excluding carboxylic acids is 2. The van der Waals surface area contributed by atoms with E-state index in [-0.39, 0.29) is 34.8 Å². The molecule has 0 radical (unpaired) electrons. The Morgan fingerprint density at radius 3 is 2.09 bits per heavy atom. The van der Waals surface area contributed by atoms with Crippen LogP contribution in [0.2, 0.25) is 0 Å². The van der Waals surface area contributed by atoms with E-state index in [1.807, 2.05) is 105 Å². The Balaban J connectivity index is 1.09. The van der Waals surface area contributed by atoms with Crippen LogP contribution in [-0.2, 0) is 4.74 Å². The van der Waals surface area contributed by atoms with Crippen LogP contribution in [0.5, 0.6) is 5.75 Å². The topological polar surface area (TPSA) is 102 Å². The number of amides is 2. The number of rotatable bonds is 11. The van der Waals surface area contributed by atoms with Crippen LogP contribution in [0.15, 0.2) is 103 Å². The van der Waals surface area contributed by atoms with Gasteiger partial charge in [0.1, 0.15) is 5.75 Å². The molecule has 3 atom stereocenters. The van der Waals surface area contributed by atoms with Crippen LogP contribution in [0.1, 0.15) is 86.7 Å². The molecule has 5 aromatic rings. The number of carbonyl (C=O) groups is 2. The number of pyridine rings is 2. The normalized spacial score (nSPS) is 20.7. The van der Waals surface area contributed by atoms with E-state index in [2.05, 4.69) is 43.6 Å². The van der Waals surface area contributed by atoms with Gasteiger partial charge in [-0.15, -0.1) is 0 Å². The van der Waals surface area contributed by atoms with Crippen molar-refractivity contribution in [2.24, 2.45) is 10.8 Å². The third kappa shape index (κ3) is 8.24. The number of nitrogens with zero attached hydrogens (tertiary/aromatic N) is 2. The molecular weight excluding hydrogens is 673 g/mol. The van der Waals surface area contributed by atoms with Crippen LogP contribution in [0.4, 0.5) is 0 Å². The van der Waals surface area contributed by atoms with Crippen LogP contribution in [-0.4, -0.2) is 53.7 Å². The van der Waals surface area contributed by atoms with Crippen molar-refractivity contribution in [2.75, 3.05) is 19.8 Å². The lowest BCUT2D eigenvalue weighted by Crippen LogP contribution is -2.50. The first-order valence-electron chi connectivity index (χ1n) is 19.2. The summed E-state index contributed by atoms with van der Waals surface area (Å²) in [6.45, 7) is 12.4. The van der Waals surface area contributed by atoms with Crippen molar-refractivity contribution in [3.63, 3.8) is 0 Å². The lowest BCUT2D eigenvalue weighted by Gasteiger charge is -2.47. The van der Waals surface area contributed by atoms with E-state index in [0.717, 1.165) is 75.8 Å². The fraction of sp³-hybridized carbons (Fsp3) is 0.348. The van der Waals surface area contributed by atoms with Gasteiger partial charge in [-0.1, -0.05) is 75.4 Å². The lowest BCUT2D eigenvalue weighted by molar-refractivity contribution is 0.0593. The van der Waals surface area contributed by atoms with Crippen molar-refractivity contribution in [1.82, 2.24) is 20.6 Å². The molecule has 8 nitrogen and oxygen atoms in total. The van der Waals surface area contributed by atoms with Gasteiger partial charge < -0.3 is 20.1 Å². The largest absolute Gasteiger partial charge is 0.494 e. The second-order valence-corrected chi connectivity index (χ2v) is 15.8. The first-order valence-corrected chi connectivity index (χ1v) is 19.2. The number of hydrogen-bond acceptors (Lipinski definition) is 6. The molecular formula is C46H50N4O4. The average molecular weight is 723 g/mol. The Morgan fingerprint density at radius 2 is 1.44 bits per heavy atom. The van der Waals surface area contributed by atoms with Gasteiger partial charge in [-0.3, -0.25) is 9.59 Å². The van der Waals surface area contributed by atoms with Gasteiger partial charge in [0, 0.05) is 35.5 Å². The first kappa shape index (κ1) is 37.0. The minimum atomic E-state index is -0.254. The highest BCUT2D eigenvalue weighted by Gasteiger charge is 2.42. The fourth-order valence-electron chi connectivity index (χ4n) is 8.56. The van der Waals surface area contributed by atoms with E-state index in [0.29, 0.717) is 30.9 Å². The second-order valence-electron chi connectivity index (χ2n) is 15.8. The predicted molar refractivity (Wildman–Crippen MR) is 217 cm³/mol. The smallest absolute Gasteiger partial charge is 0.252 e. The molecule has 54 heavy (non-hydrogen) atoms. The monoisotopic (exact) mass is 722 g/mol. The number of ether oxygens (including phenoxy) is 2. The molecule has 8 heteroatoms. The van der Waals surface area contributed by atoms with Crippen LogP contribution in [0.3, 0.4) is 0 Å². The first-order chi connectivity index (χ1) is 26.0. The Labute approximate surface area is 318 Å². The molecule has 0 aliphatic heterocycles. The summed E-state index contributed by atoms with van der Waals surface area (Å²) in [6, 6.07) is 27.1. The third-order valence-electron chi connectivity index (χ3n) is 10.6. The van der Waals surface area contributed by atoms with Gasteiger partial charge in [-0.2, -0.15) is 0 Å². The zero-order valence-electron chi connectivity index (χ0n) is 31.9. The van der Waals surface area contributed by atoms with E-state index in [1.165, 1.54) is 0 Å². The molecule has 2 aliphatic rings. The highest BCUT2D eigenvalue weighted by molar-refractivity contribution is 6.08. The summed E-state index contributed by atoms with van der Waals surface area (Å²) in [5.41, 5.74) is 5.84. The maximum absolute atomic E-state index is 14.2. The van der Waals surface area contributed by atoms with Crippen LogP contribution < -0.4 is 15.4 Å². The van der Waals surface area contributed by atoms with E-state index < -0.39 is 0 Å². The van der Waals surface area contributed by atoms with Gasteiger partial charge in [0.25, 0.3) is 11.8 Å². The number of hydrogen-bond donors (Lipinski definition) is 2. The fourth-order valence-corrected chi connectivity index (χ4v) is 8.56. The molecule has 2 N–H and O–H groups in total. The summed E-state index contributed by atoms with van der Waals surface area (Å²) < 4.78 is 11.4. The zero-order chi connectivity index (χ0) is 37.9. The molecule has 7 rings (SSSR count). The summed E-state index contributed by atoms with van der Waals surface area (Å²) in [6.07, 6.45) is 9.55. The summed E-state index contributed by atoms with van der Waals surface area (Å²) in [5, 5.41) is 8.35. The van der Waals surface area contributed by atoms with E-state index in [4.69, 9.17) is 19.4 Å². The third-order valence-corrected chi connectivity index (χ3v) is 10.6. The van der Waals surface area contributed by atoms with Crippen LogP contribution in [0.25, 0.3) is 38.6 Å². The molecule has 278 valence electrons. The predicted octanol–water partition coefficient (Wildman–Crippen LogP) is 9.34. The van der Waals surface area contributed by atoms with Gasteiger partial charge in [0.2, 0.25) is 0 Å². The SMILES string of the molecule is CCOc1ccc(-c2cc(C(=O)NCC3(C)CC(NC(=O)c4cc(C5=CCC(OCC)C=C5)nc5ccccc45)CC(C)(C)C3)c3ccccc3n2)cc1.